The molecule has 0 spiro atoms. The van der Waals surface area contributed by atoms with Crippen molar-refractivity contribution in [1.29, 1.82) is 0 Å². The maximum Gasteiger partial charge on any atom is 0.143 e. The summed E-state index contributed by atoms with van der Waals surface area (Å²) in [4.78, 5) is 32.8. The third kappa shape index (κ3) is 6.94. The van der Waals surface area contributed by atoms with Gasteiger partial charge in [0.15, 0.2) is 0 Å². The van der Waals surface area contributed by atoms with Gasteiger partial charge in [0, 0.05) is 119 Å². The van der Waals surface area contributed by atoms with Crippen molar-refractivity contribution in [3.8, 4) is 5.75 Å². The van der Waals surface area contributed by atoms with Crippen LogP contribution in [0.1, 0.15) is 142 Å². The Morgan fingerprint density at radius 1 is 0.594 bits per heavy atom. The molecule has 69 heavy (non-hydrogen) atoms. The van der Waals surface area contributed by atoms with E-state index in [1.807, 2.05) is 19.1 Å². The Labute approximate surface area is 410 Å². The number of carbonyl (C=O) groups excluding carboxylic acids is 1. The first-order valence-electron chi connectivity index (χ1n) is 27.8. The van der Waals surface area contributed by atoms with Gasteiger partial charge in [0.2, 0.25) is 0 Å². The molecule has 8 heteroatoms. The zero-order valence-corrected chi connectivity index (χ0v) is 42.5. The van der Waals surface area contributed by atoms with Gasteiger partial charge in [-0.1, -0.05) is 63.3 Å². The number of ketones is 1. The number of hydrogen-bond donors (Lipinski definition) is 4. The summed E-state index contributed by atoms with van der Waals surface area (Å²) in [5.74, 6) is 7.08. The van der Waals surface area contributed by atoms with Crippen molar-refractivity contribution in [2.45, 2.75) is 154 Å². The predicted octanol–water partition coefficient (Wildman–Crippen LogP) is 11.8. The first-order valence-corrected chi connectivity index (χ1v) is 27.8. The topological polar surface area (TPSA) is 94.4 Å². The fourth-order valence-corrected chi connectivity index (χ4v) is 18.0. The van der Waals surface area contributed by atoms with Crippen molar-refractivity contribution in [2.75, 3.05) is 39.3 Å². The molecule has 9 fully saturated rings. The summed E-state index contributed by atoms with van der Waals surface area (Å²) in [7, 11) is 0. The summed E-state index contributed by atoms with van der Waals surface area (Å²) >= 11 is 0. The molecule has 12 bridgehead atoms. The van der Waals surface area contributed by atoms with E-state index in [2.05, 4.69) is 101 Å². The lowest BCUT2D eigenvalue weighted by Gasteiger charge is -2.58. The number of H-pyrrole nitrogens is 3. The lowest BCUT2D eigenvalue weighted by molar-refractivity contribution is -0.136. The van der Waals surface area contributed by atoms with Crippen molar-refractivity contribution in [3.05, 3.63) is 99.5 Å². The molecule has 3 aromatic heterocycles. The number of aromatic nitrogens is 3. The molecular formula is C61H78N6O2. The van der Waals surface area contributed by atoms with E-state index in [0.717, 1.165) is 67.5 Å². The summed E-state index contributed by atoms with van der Waals surface area (Å²) in [5, 5.41) is 13.9. The Bertz CT molecular complexity index is 2830. The molecule has 3 aromatic carbocycles. The van der Waals surface area contributed by atoms with Crippen LogP contribution in [0.25, 0.3) is 32.7 Å². The van der Waals surface area contributed by atoms with E-state index in [4.69, 9.17) is 0 Å². The lowest BCUT2D eigenvalue weighted by atomic mass is 9.55. The number of phenolic OH excluding ortho intramolecular Hbond substituents is 1. The highest BCUT2D eigenvalue weighted by molar-refractivity contribution is 5.94. The van der Waals surface area contributed by atoms with Gasteiger partial charge in [-0.15, -0.1) is 0 Å². The van der Waals surface area contributed by atoms with Gasteiger partial charge in [-0.25, -0.2) is 0 Å². The minimum Gasteiger partial charge on any atom is -0.508 e. The molecule has 0 amide bonds. The van der Waals surface area contributed by atoms with Crippen LogP contribution < -0.4 is 0 Å². The SMILES string of the molecule is CCC1CC2CC3c4[nH]c5ccc(C)cc5c4CCN(C2)C13.CCC1CC2CC3c4[nH]c5ccc(O)cc5c4CCN(C2)C13.CCC1CC2CN3CCc4c([nH]c5ccc(C)cc45)C(C(C)=O)(C2)C13. The minimum absolute atomic E-state index is 0.319. The summed E-state index contributed by atoms with van der Waals surface area (Å²) in [6.07, 6.45) is 15.3. The van der Waals surface area contributed by atoms with Crippen LogP contribution in [-0.2, 0) is 29.5 Å². The Morgan fingerprint density at radius 2 is 1.07 bits per heavy atom. The number of aromatic hydroxyl groups is 1. The van der Waals surface area contributed by atoms with Crippen LogP contribution in [0.15, 0.2) is 54.6 Å². The lowest BCUT2D eigenvalue weighted by Crippen LogP contribution is -2.66. The fraction of sp³-hybridized carbons (Fsp3) is 0.590. The molecule has 15 unspecified atom stereocenters. The molecule has 6 aromatic rings. The normalized spacial score (nSPS) is 36.3. The summed E-state index contributed by atoms with van der Waals surface area (Å²) in [5.41, 5.74) is 15.0. The monoisotopic (exact) mass is 927 g/mol. The Kier molecular flexibility index (Phi) is 10.9. The average Bonchev–Trinajstić information content (AvgIpc) is 3.98. The largest absolute Gasteiger partial charge is 0.508 e. The second-order valence-electron chi connectivity index (χ2n) is 24.2. The Morgan fingerprint density at radius 3 is 1.64 bits per heavy atom. The number of Topliss-reactive ketones (excluding diaryl/α,β-unsaturated/α-hetero) is 1. The molecule has 6 saturated heterocycles. The summed E-state index contributed by atoms with van der Waals surface area (Å²) in [6.45, 7) is 20.7. The molecule has 12 aliphatic rings. The molecule has 15 atom stereocenters. The smallest absolute Gasteiger partial charge is 0.143 e. The van der Waals surface area contributed by atoms with Crippen LogP contribution in [0.5, 0.6) is 5.75 Å². The highest BCUT2D eigenvalue weighted by Crippen LogP contribution is 2.56. The van der Waals surface area contributed by atoms with Gasteiger partial charge in [-0.2, -0.15) is 0 Å². The maximum atomic E-state index is 13.2. The quantitative estimate of drug-likeness (QED) is 0.141. The Hall–Kier alpha value is -4.37. The van der Waals surface area contributed by atoms with Crippen molar-refractivity contribution in [2.24, 2.45) is 35.5 Å². The van der Waals surface area contributed by atoms with E-state index >= 15 is 0 Å². The molecule has 364 valence electrons. The van der Waals surface area contributed by atoms with Gasteiger partial charge in [-0.05, 0) is 173 Å². The molecule has 4 N–H and O–H groups in total. The average molecular weight is 927 g/mol. The van der Waals surface area contributed by atoms with E-state index in [0.29, 0.717) is 35.3 Å². The van der Waals surface area contributed by atoms with Gasteiger partial charge >= 0.3 is 0 Å². The number of phenols is 1. The first kappa shape index (κ1) is 44.6. The first-order chi connectivity index (χ1) is 33.5. The van der Waals surface area contributed by atoms with E-state index in [9.17, 15) is 9.90 Å². The third-order valence-corrected chi connectivity index (χ3v) is 20.6. The fourth-order valence-electron chi connectivity index (χ4n) is 18.0. The van der Waals surface area contributed by atoms with Gasteiger partial charge < -0.3 is 20.1 Å². The predicted molar refractivity (Wildman–Crippen MR) is 281 cm³/mol. The number of rotatable bonds is 4. The number of piperidine rings is 6. The van der Waals surface area contributed by atoms with E-state index < -0.39 is 0 Å². The molecule has 0 radical (unpaired) electrons. The van der Waals surface area contributed by atoms with Crippen LogP contribution in [-0.4, -0.2) is 97.9 Å². The molecule has 18 rings (SSSR count). The standard InChI is InChI=1S/C22H28N2O.C20H26N2.C19H24N2O/c1-4-16-10-15-11-22(14(3)25)20-17(7-8-24(12-15)21(16)22)18-9-13(2)5-6-19(18)23-20;1-3-14-9-13-10-17-19-15(6-7-22(11-13)20(14)17)16-8-12(2)4-5-18(16)21-19;1-2-12-7-11-8-16-18-14(5-6-21(10-11)19(12)16)15-9-13(22)3-4-17(15)20-18/h5-6,9,15-16,21,23H,4,7-8,10-12H2,1-3H3;4-5,8,13-14,17,20-21H,3,6-7,9-11H2,1-2H3;3-4,9,11-12,16,19-20,22H,2,5-8,10H2,1H3. The molecule has 3 aliphatic carbocycles. The molecule has 8 nitrogen and oxygen atoms in total. The van der Waals surface area contributed by atoms with Crippen molar-refractivity contribution in [3.63, 3.8) is 0 Å². The van der Waals surface area contributed by atoms with E-state index in [1.165, 1.54) is 157 Å². The highest BCUT2D eigenvalue weighted by Gasteiger charge is 2.60. The number of fused-ring (bicyclic) bond motifs is 12. The Balaban J connectivity index is 0.000000102. The van der Waals surface area contributed by atoms with Gasteiger partial charge in [0.05, 0.1) is 5.41 Å². The number of nitrogens with zero attached hydrogens (tertiary/aromatic N) is 3. The summed E-state index contributed by atoms with van der Waals surface area (Å²) < 4.78 is 0. The van der Waals surface area contributed by atoms with Crippen LogP contribution in [0.3, 0.4) is 0 Å². The number of nitrogens with one attached hydrogen (secondary N) is 3. The number of benzene rings is 3. The van der Waals surface area contributed by atoms with Crippen LogP contribution in [0.2, 0.25) is 0 Å². The van der Waals surface area contributed by atoms with Gasteiger partial charge in [0.1, 0.15) is 11.5 Å². The number of aromatic amines is 3. The van der Waals surface area contributed by atoms with Crippen molar-refractivity contribution < 1.29 is 9.90 Å². The van der Waals surface area contributed by atoms with Crippen LogP contribution in [0, 0.1) is 49.4 Å². The zero-order chi connectivity index (χ0) is 47.0. The minimum atomic E-state index is -0.319. The van der Waals surface area contributed by atoms with Crippen molar-refractivity contribution in [1.82, 2.24) is 29.7 Å². The van der Waals surface area contributed by atoms with E-state index in [-0.39, 0.29) is 5.41 Å². The highest BCUT2D eigenvalue weighted by atomic mass is 16.3. The van der Waals surface area contributed by atoms with Crippen LogP contribution in [0.4, 0.5) is 0 Å². The zero-order valence-electron chi connectivity index (χ0n) is 42.5. The number of aryl methyl sites for hydroxylation is 2. The maximum absolute atomic E-state index is 13.2. The number of carbonyl (C=O) groups is 1. The van der Waals surface area contributed by atoms with E-state index in [1.54, 1.807) is 17.3 Å². The van der Waals surface area contributed by atoms with Gasteiger partial charge in [-0.3, -0.25) is 19.5 Å². The molecule has 9 aliphatic heterocycles. The third-order valence-electron chi connectivity index (χ3n) is 20.6. The summed E-state index contributed by atoms with van der Waals surface area (Å²) in [6, 6.07) is 21.3. The van der Waals surface area contributed by atoms with Crippen LogP contribution >= 0.6 is 0 Å². The second-order valence-corrected chi connectivity index (χ2v) is 24.2. The number of hydrogen-bond acceptors (Lipinski definition) is 5. The molecular weight excluding hydrogens is 849 g/mol. The second kappa shape index (κ2) is 16.9. The van der Waals surface area contributed by atoms with Crippen molar-refractivity contribution >= 4 is 38.5 Å². The molecule has 3 saturated carbocycles. The molecule has 12 heterocycles. The van der Waals surface area contributed by atoms with Gasteiger partial charge in [0.25, 0.3) is 0 Å².